The first-order valence-electron chi connectivity index (χ1n) is 6.96. The molecule has 0 spiro atoms. The summed E-state index contributed by atoms with van der Waals surface area (Å²) in [6.45, 7) is 8.79. The van der Waals surface area contributed by atoms with E-state index in [2.05, 4.69) is 14.9 Å². The zero-order valence-corrected chi connectivity index (χ0v) is 12.4. The van der Waals surface area contributed by atoms with Crippen LogP contribution in [-0.4, -0.2) is 53.0 Å². The molecular weight excluding hydrogens is 254 g/mol. The number of piperazine rings is 1. The Morgan fingerprint density at radius 1 is 1.20 bits per heavy atom. The number of carbonyl (C=O) groups excluding carboxylic acids is 1. The Hall–Kier alpha value is -1.69. The maximum absolute atomic E-state index is 12.3. The molecule has 1 amide bonds. The predicted octanol–water partition coefficient (Wildman–Crippen LogP) is 0.499. The number of aromatic nitrogens is 2. The molecule has 1 aliphatic heterocycles. The smallest absolute Gasteiger partial charge is 0.240 e. The second kappa shape index (κ2) is 5.75. The average Bonchev–Trinajstić information content (AvgIpc) is 2.46. The monoisotopic (exact) mass is 277 g/mol. The Morgan fingerprint density at radius 3 is 2.25 bits per heavy atom. The second-order valence-corrected chi connectivity index (χ2v) is 6.20. The van der Waals surface area contributed by atoms with Crippen molar-refractivity contribution in [3.8, 4) is 0 Å². The fraction of sp³-hybridized carbons (Fsp3) is 0.643. The zero-order chi connectivity index (χ0) is 14.8. The summed E-state index contributed by atoms with van der Waals surface area (Å²) < 4.78 is 0. The lowest BCUT2D eigenvalue weighted by atomic mass is 9.86. The van der Waals surface area contributed by atoms with Crippen LogP contribution in [0.4, 0.5) is 5.95 Å². The first-order chi connectivity index (χ1) is 9.39. The summed E-state index contributed by atoms with van der Waals surface area (Å²) in [6, 6.07) is 1.34. The van der Waals surface area contributed by atoms with Gasteiger partial charge in [-0.15, -0.1) is 0 Å². The predicted molar refractivity (Wildman–Crippen MR) is 78.3 cm³/mol. The summed E-state index contributed by atoms with van der Waals surface area (Å²) in [7, 11) is 0. The van der Waals surface area contributed by atoms with Gasteiger partial charge in [0.2, 0.25) is 11.9 Å². The molecule has 20 heavy (non-hydrogen) atoms. The molecule has 1 aromatic heterocycles. The molecule has 1 aromatic rings. The van der Waals surface area contributed by atoms with Crippen LogP contribution in [0.15, 0.2) is 18.5 Å². The maximum atomic E-state index is 12.3. The molecular formula is C14H23N5O. The molecule has 110 valence electrons. The molecule has 0 radical (unpaired) electrons. The molecule has 1 aliphatic rings. The van der Waals surface area contributed by atoms with E-state index >= 15 is 0 Å². The fourth-order valence-corrected chi connectivity index (χ4v) is 2.15. The Bertz CT molecular complexity index is 448. The van der Waals surface area contributed by atoms with E-state index in [-0.39, 0.29) is 11.3 Å². The van der Waals surface area contributed by atoms with Crippen molar-refractivity contribution >= 4 is 11.9 Å². The van der Waals surface area contributed by atoms with Crippen molar-refractivity contribution in [2.45, 2.75) is 26.8 Å². The largest absolute Gasteiger partial charge is 0.338 e. The molecule has 2 rings (SSSR count). The van der Waals surface area contributed by atoms with E-state index < -0.39 is 6.04 Å². The van der Waals surface area contributed by atoms with E-state index in [1.807, 2.05) is 25.7 Å². The third-order valence-corrected chi connectivity index (χ3v) is 3.63. The van der Waals surface area contributed by atoms with Crippen molar-refractivity contribution < 1.29 is 4.79 Å². The Labute approximate surface area is 120 Å². The van der Waals surface area contributed by atoms with Crippen molar-refractivity contribution in [1.29, 1.82) is 0 Å². The lowest BCUT2D eigenvalue weighted by Crippen LogP contribution is -2.56. The highest BCUT2D eigenvalue weighted by atomic mass is 16.2. The fourth-order valence-electron chi connectivity index (χ4n) is 2.15. The van der Waals surface area contributed by atoms with Gasteiger partial charge < -0.3 is 15.5 Å². The summed E-state index contributed by atoms with van der Waals surface area (Å²) in [5.74, 6) is 0.755. The van der Waals surface area contributed by atoms with E-state index in [9.17, 15) is 4.79 Å². The van der Waals surface area contributed by atoms with Crippen LogP contribution in [-0.2, 0) is 4.79 Å². The van der Waals surface area contributed by atoms with Crippen LogP contribution in [0.3, 0.4) is 0 Å². The van der Waals surface area contributed by atoms with E-state index in [1.165, 1.54) is 0 Å². The zero-order valence-electron chi connectivity index (χ0n) is 12.4. The maximum Gasteiger partial charge on any atom is 0.240 e. The van der Waals surface area contributed by atoms with Gasteiger partial charge in [-0.1, -0.05) is 20.8 Å². The molecule has 1 saturated heterocycles. The minimum Gasteiger partial charge on any atom is -0.338 e. The first-order valence-corrected chi connectivity index (χ1v) is 6.96. The van der Waals surface area contributed by atoms with Crippen LogP contribution < -0.4 is 10.6 Å². The molecule has 0 saturated carbocycles. The Morgan fingerprint density at radius 2 is 1.75 bits per heavy atom. The summed E-state index contributed by atoms with van der Waals surface area (Å²) in [5.41, 5.74) is 5.83. The van der Waals surface area contributed by atoms with Crippen molar-refractivity contribution in [3.05, 3.63) is 18.5 Å². The number of hydrogen-bond acceptors (Lipinski definition) is 5. The molecule has 1 fully saturated rings. The first kappa shape index (κ1) is 14.7. The third kappa shape index (κ3) is 3.25. The lowest BCUT2D eigenvalue weighted by molar-refractivity contribution is -0.135. The normalized spacial score (nSPS) is 18.0. The standard InChI is InChI=1S/C14H23N5O/c1-14(2,3)11(15)12(20)18-7-9-19(10-8-18)13-16-5-4-6-17-13/h4-6,11H,7-10,15H2,1-3H3/t11-/m0/s1. The number of rotatable bonds is 2. The number of nitrogens with zero attached hydrogens (tertiary/aromatic N) is 4. The van der Waals surface area contributed by atoms with Gasteiger partial charge in [0.05, 0.1) is 6.04 Å². The van der Waals surface area contributed by atoms with Crippen LogP contribution in [0.5, 0.6) is 0 Å². The van der Waals surface area contributed by atoms with E-state index in [1.54, 1.807) is 18.5 Å². The van der Waals surface area contributed by atoms with Gasteiger partial charge in [0.15, 0.2) is 0 Å². The second-order valence-electron chi connectivity index (χ2n) is 6.20. The van der Waals surface area contributed by atoms with E-state index in [0.717, 1.165) is 19.0 Å². The van der Waals surface area contributed by atoms with Crippen molar-refractivity contribution in [2.75, 3.05) is 31.1 Å². The molecule has 2 N–H and O–H groups in total. The highest BCUT2D eigenvalue weighted by Crippen LogP contribution is 2.20. The number of carbonyl (C=O) groups is 1. The van der Waals surface area contributed by atoms with Crippen molar-refractivity contribution in [3.63, 3.8) is 0 Å². The minimum absolute atomic E-state index is 0.0335. The number of hydrogen-bond donors (Lipinski definition) is 1. The number of nitrogens with two attached hydrogens (primary N) is 1. The highest BCUT2D eigenvalue weighted by molar-refractivity contribution is 5.82. The molecule has 0 aromatic carbocycles. The average molecular weight is 277 g/mol. The topological polar surface area (TPSA) is 75.4 Å². The molecule has 2 heterocycles. The van der Waals surface area contributed by atoms with Gasteiger partial charge in [-0.2, -0.15) is 0 Å². The van der Waals surface area contributed by atoms with Gasteiger partial charge in [-0.3, -0.25) is 4.79 Å². The molecule has 6 nitrogen and oxygen atoms in total. The van der Waals surface area contributed by atoms with Crippen LogP contribution in [0.2, 0.25) is 0 Å². The summed E-state index contributed by atoms with van der Waals surface area (Å²) in [5, 5.41) is 0. The summed E-state index contributed by atoms with van der Waals surface area (Å²) in [6.07, 6.45) is 3.46. The third-order valence-electron chi connectivity index (χ3n) is 3.63. The molecule has 6 heteroatoms. The van der Waals surface area contributed by atoms with Gasteiger partial charge in [-0.25, -0.2) is 9.97 Å². The highest BCUT2D eigenvalue weighted by Gasteiger charge is 2.32. The quantitative estimate of drug-likeness (QED) is 0.852. The van der Waals surface area contributed by atoms with Gasteiger partial charge in [0.1, 0.15) is 0 Å². The van der Waals surface area contributed by atoms with Crippen molar-refractivity contribution in [1.82, 2.24) is 14.9 Å². The molecule has 1 atom stereocenters. The van der Waals surface area contributed by atoms with Crippen LogP contribution in [0.25, 0.3) is 0 Å². The van der Waals surface area contributed by atoms with E-state index in [4.69, 9.17) is 5.73 Å². The van der Waals surface area contributed by atoms with Crippen molar-refractivity contribution in [2.24, 2.45) is 11.1 Å². The molecule has 0 unspecified atom stereocenters. The van der Waals surface area contributed by atoms with Crippen LogP contribution in [0, 0.1) is 5.41 Å². The number of amides is 1. The molecule has 0 bridgehead atoms. The van der Waals surface area contributed by atoms with Gasteiger partial charge in [0, 0.05) is 38.6 Å². The van der Waals surface area contributed by atoms with E-state index in [0.29, 0.717) is 13.1 Å². The van der Waals surface area contributed by atoms with Gasteiger partial charge in [-0.05, 0) is 11.5 Å². The summed E-state index contributed by atoms with van der Waals surface area (Å²) in [4.78, 5) is 24.7. The lowest BCUT2D eigenvalue weighted by Gasteiger charge is -2.38. The SMILES string of the molecule is CC(C)(C)[C@@H](N)C(=O)N1CCN(c2ncccn2)CC1. The van der Waals surface area contributed by atoms with Gasteiger partial charge >= 0.3 is 0 Å². The summed E-state index contributed by atoms with van der Waals surface area (Å²) >= 11 is 0. The van der Waals surface area contributed by atoms with Crippen LogP contribution in [0.1, 0.15) is 20.8 Å². The Balaban J connectivity index is 1.93. The molecule has 0 aliphatic carbocycles. The Kier molecular flexibility index (Phi) is 4.23. The minimum atomic E-state index is -0.456. The number of anilines is 1. The van der Waals surface area contributed by atoms with Crippen LogP contribution >= 0.6 is 0 Å². The van der Waals surface area contributed by atoms with Gasteiger partial charge in [0.25, 0.3) is 0 Å².